The summed E-state index contributed by atoms with van der Waals surface area (Å²) in [4.78, 5) is 3.16. The number of H-pyrrole nitrogens is 1. The van der Waals surface area contributed by atoms with E-state index in [9.17, 15) is 0 Å². The zero-order valence-corrected chi connectivity index (χ0v) is 6.17. The van der Waals surface area contributed by atoms with Gasteiger partial charge in [-0.1, -0.05) is 18.2 Å². The first kappa shape index (κ1) is 6.43. The maximum atomic E-state index is 5.54. The van der Waals surface area contributed by atoms with Gasteiger partial charge in [-0.15, -0.1) is 0 Å². The fraction of sp³-hybridized carbons (Fsp3) is 0.111. The van der Waals surface area contributed by atoms with Crippen LogP contribution in [0.3, 0.4) is 0 Å². The summed E-state index contributed by atoms with van der Waals surface area (Å²) < 4.78 is 0. The lowest BCUT2D eigenvalue weighted by Gasteiger charge is -1.88. The van der Waals surface area contributed by atoms with Crippen molar-refractivity contribution in [1.29, 1.82) is 0 Å². The van der Waals surface area contributed by atoms with Gasteiger partial charge in [-0.05, 0) is 6.07 Å². The van der Waals surface area contributed by atoms with Gasteiger partial charge in [0.2, 0.25) is 0 Å². The molecule has 11 heavy (non-hydrogen) atoms. The number of nitrogens with two attached hydrogens (primary N) is 1. The van der Waals surface area contributed by atoms with Gasteiger partial charge in [0.05, 0.1) is 0 Å². The third kappa shape index (κ3) is 0.917. The van der Waals surface area contributed by atoms with E-state index in [1.54, 1.807) is 0 Å². The molecule has 0 aliphatic rings. The molecule has 0 amide bonds. The minimum absolute atomic E-state index is 0.601. The number of hydrogen-bond acceptors (Lipinski definition) is 1. The van der Waals surface area contributed by atoms with Gasteiger partial charge >= 0.3 is 0 Å². The molecule has 0 aliphatic carbocycles. The molecule has 2 heteroatoms. The highest BCUT2D eigenvalue weighted by molar-refractivity contribution is 5.82. The standard InChI is InChI=1S/C9H10N2/c10-5-7-6-11-9-4-2-1-3-8(7)9/h1-4,6,11H,5,10H2/q+1. The summed E-state index contributed by atoms with van der Waals surface area (Å²) in [5, 5.41) is 1.23. The van der Waals surface area contributed by atoms with Crippen LogP contribution in [0.25, 0.3) is 10.9 Å². The van der Waals surface area contributed by atoms with Crippen LogP contribution in [-0.4, -0.2) is 4.98 Å². The molecule has 1 radical (unpaired) electrons. The maximum absolute atomic E-state index is 5.54. The Morgan fingerprint density at radius 1 is 1.27 bits per heavy atom. The predicted molar refractivity (Wildman–Crippen MR) is 43.9 cm³/mol. The monoisotopic (exact) mass is 146 g/mol. The highest BCUT2D eigenvalue weighted by atomic mass is 14.7. The third-order valence-electron chi connectivity index (χ3n) is 1.89. The first-order valence-corrected chi connectivity index (χ1v) is 3.67. The van der Waals surface area contributed by atoms with Gasteiger partial charge in [0.25, 0.3) is 0 Å². The van der Waals surface area contributed by atoms with E-state index in [4.69, 9.17) is 5.73 Å². The molecule has 0 spiro atoms. The Bertz CT molecular complexity index is 362. The molecule has 2 rings (SSSR count). The number of fused-ring (bicyclic) bond motifs is 1. The highest BCUT2D eigenvalue weighted by Crippen LogP contribution is 2.15. The van der Waals surface area contributed by atoms with Crippen molar-refractivity contribution in [1.82, 2.24) is 4.98 Å². The topological polar surface area (TPSA) is 41.1 Å². The van der Waals surface area contributed by atoms with Crippen molar-refractivity contribution >= 4 is 10.9 Å². The number of hydrogen-bond donors (Lipinski definition) is 2. The van der Waals surface area contributed by atoms with Crippen molar-refractivity contribution in [3.8, 4) is 0 Å². The van der Waals surface area contributed by atoms with Crippen LogP contribution in [0.15, 0.2) is 30.5 Å². The number of para-hydroxylation sites is 1. The summed E-state index contributed by atoms with van der Waals surface area (Å²) in [7, 11) is 0. The summed E-state index contributed by atoms with van der Waals surface area (Å²) in [6.45, 7) is 0.601. The molecule has 1 aromatic heterocycles. The molecule has 1 heterocycles. The predicted octanol–water partition coefficient (Wildman–Crippen LogP) is 0.696. The number of benzene rings is 1. The average molecular weight is 146 g/mol. The number of rotatable bonds is 1. The molecule has 0 saturated carbocycles. The molecule has 0 fully saturated rings. The Balaban J connectivity index is 2.76. The van der Waals surface area contributed by atoms with E-state index in [0.29, 0.717) is 6.54 Å². The Labute approximate surface area is 65.0 Å². The Morgan fingerprint density at radius 3 is 2.91 bits per heavy atom. The zero-order valence-electron chi connectivity index (χ0n) is 6.17. The lowest BCUT2D eigenvalue weighted by atomic mass is 10.2. The fourth-order valence-corrected chi connectivity index (χ4v) is 1.30. The molecule has 3 N–H and O–H groups in total. The van der Waals surface area contributed by atoms with E-state index in [-0.39, 0.29) is 0 Å². The zero-order chi connectivity index (χ0) is 7.68. The van der Waals surface area contributed by atoms with E-state index in [2.05, 4.69) is 17.1 Å². The largest absolute Gasteiger partial charge is 0.361 e. The SMILES string of the molecule is [NH2+]Cc1c[nH]c2ccccc12. The van der Waals surface area contributed by atoms with Gasteiger partial charge in [-0.3, -0.25) is 0 Å². The quantitative estimate of drug-likeness (QED) is 0.594. The van der Waals surface area contributed by atoms with Crippen LogP contribution in [0.2, 0.25) is 0 Å². The Morgan fingerprint density at radius 2 is 2.09 bits per heavy atom. The van der Waals surface area contributed by atoms with Crippen LogP contribution in [0.4, 0.5) is 0 Å². The van der Waals surface area contributed by atoms with Gasteiger partial charge in [0.1, 0.15) is 6.54 Å². The summed E-state index contributed by atoms with van der Waals surface area (Å²) in [6.07, 6.45) is 1.96. The first-order valence-electron chi connectivity index (χ1n) is 3.67. The third-order valence-corrected chi connectivity index (χ3v) is 1.89. The number of aromatic nitrogens is 1. The van der Waals surface area contributed by atoms with E-state index in [0.717, 1.165) is 5.52 Å². The molecule has 0 atom stereocenters. The van der Waals surface area contributed by atoms with Crippen LogP contribution in [-0.2, 0) is 6.54 Å². The normalized spacial score (nSPS) is 10.6. The van der Waals surface area contributed by atoms with Crippen LogP contribution >= 0.6 is 0 Å². The molecule has 0 saturated heterocycles. The van der Waals surface area contributed by atoms with E-state index < -0.39 is 0 Å². The Hall–Kier alpha value is -1.28. The van der Waals surface area contributed by atoms with E-state index >= 15 is 0 Å². The smallest absolute Gasteiger partial charge is 0.146 e. The minimum atomic E-state index is 0.601. The summed E-state index contributed by atoms with van der Waals surface area (Å²) >= 11 is 0. The van der Waals surface area contributed by atoms with Crippen molar-refractivity contribution in [3.05, 3.63) is 36.0 Å². The number of aromatic amines is 1. The van der Waals surface area contributed by atoms with Crippen molar-refractivity contribution in [2.24, 2.45) is 0 Å². The lowest BCUT2D eigenvalue weighted by Crippen LogP contribution is -2.47. The molecular formula is C9H10N2+. The second kappa shape index (κ2) is 2.40. The molecule has 2 aromatic rings. The molecular weight excluding hydrogens is 136 g/mol. The van der Waals surface area contributed by atoms with Gasteiger partial charge in [0, 0.05) is 22.7 Å². The maximum Gasteiger partial charge on any atom is 0.146 e. The van der Waals surface area contributed by atoms with Crippen LogP contribution in [0.5, 0.6) is 0 Å². The second-order valence-corrected chi connectivity index (χ2v) is 2.56. The van der Waals surface area contributed by atoms with Crippen LogP contribution in [0, 0.1) is 0 Å². The van der Waals surface area contributed by atoms with E-state index in [1.165, 1.54) is 10.9 Å². The van der Waals surface area contributed by atoms with Crippen molar-refractivity contribution in [3.63, 3.8) is 0 Å². The minimum Gasteiger partial charge on any atom is -0.361 e. The van der Waals surface area contributed by atoms with Crippen LogP contribution in [0.1, 0.15) is 5.56 Å². The van der Waals surface area contributed by atoms with Crippen molar-refractivity contribution < 1.29 is 5.73 Å². The molecule has 2 nitrogen and oxygen atoms in total. The van der Waals surface area contributed by atoms with Gasteiger partial charge in [-0.25, -0.2) is 0 Å². The second-order valence-electron chi connectivity index (χ2n) is 2.56. The summed E-state index contributed by atoms with van der Waals surface area (Å²) in [5.41, 5.74) is 7.88. The Kier molecular flexibility index (Phi) is 1.40. The lowest BCUT2D eigenvalue weighted by molar-refractivity contribution is -0.386. The highest BCUT2D eigenvalue weighted by Gasteiger charge is 2.00. The molecule has 0 aliphatic heterocycles. The van der Waals surface area contributed by atoms with Gasteiger partial charge < -0.3 is 4.98 Å². The van der Waals surface area contributed by atoms with Crippen molar-refractivity contribution in [2.75, 3.05) is 0 Å². The number of nitrogens with one attached hydrogen (secondary N) is 1. The molecule has 0 unspecified atom stereocenters. The first-order chi connectivity index (χ1) is 5.42. The molecule has 55 valence electrons. The van der Waals surface area contributed by atoms with E-state index in [1.807, 2.05) is 18.3 Å². The van der Waals surface area contributed by atoms with Crippen molar-refractivity contribution in [2.45, 2.75) is 6.54 Å². The van der Waals surface area contributed by atoms with Gasteiger partial charge in [0.15, 0.2) is 0 Å². The average Bonchev–Trinajstić information content (AvgIpc) is 2.47. The fourth-order valence-electron chi connectivity index (χ4n) is 1.30. The van der Waals surface area contributed by atoms with Gasteiger partial charge in [-0.2, -0.15) is 5.73 Å². The van der Waals surface area contributed by atoms with Crippen LogP contribution < -0.4 is 5.73 Å². The molecule has 1 aromatic carbocycles. The summed E-state index contributed by atoms with van der Waals surface area (Å²) in [6, 6.07) is 8.16. The molecule has 0 bridgehead atoms. The summed E-state index contributed by atoms with van der Waals surface area (Å²) in [5.74, 6) is 0.